The third kappa shape index (κ3) is 2.98. The SMILES string of the molecule is O=C(CN1CSCC1=O)Nc1nc2cc(F)c(F)cc2s1. The summed E-state index contributed by atoms with van der Waals surface area (Å²) in [6, 6.07) is 2.02. The van der Waals surface area contributed by atoms with Crippen LogP contribution in [0.15, 0.2) is 12.1 Å². The van der Waals surface area contributed by atoms with Crippen LogP contribution in [0.5, 0.6) is 0 Å². The first kappa shape index (κ1) is 14.2. The van der Waals surface area contributed by atoms with E-state index in [1.54, 1.807) is 0 Å². The molecule has 0 unspecified atom stereocenters. The van der Waals surface area contributed by atoms with Crippen molar-refractivity contribution in [3.8, 4) is 0 Å². The fraction of sp³-hybridized carbons (Fsp3) is 0.250. The summed E-state index contributed by atoms with van der Waals surface area (Å²) in [5.74, 6) is -1.53. The van der Waals surface area contributed by atoms with E-state index >= 15 is 0 Å². The molecule has 0 radical (unpaired) electrons. The number of hydrogen-bond donors (Lipinski definition) is 1. The molecule has 110 valence electrons. The number of thiazole rings is 1. The zero-order valence-electron chi connectivity index (χ0n) is 10.6. The molecular formula is C12H9F2N3O2S2. The highest BCUT2D eigenvalue weighted by Crippen LogP contribution is 2.27. The van der Waals surface area contributed by atoms with Gasteiger partial charge in [0.05, 0.1) is 21.8 Å². The monoisotopic (exact) mass is 329 g/mol. The minimum atomic E-state index is -0.981. The summed E-state index contributed by atoms with van der Waals surface area (Å²) in [6.07, 6.45) is 0. The summed E-state index contributed by atoms with van der Waals surface area (Å²) in [4.78, 5) is 28.7. The Kier molecular flexibility index (Phi) is 3.77. The molecule has 9 heteroatoms. The minimum Gasteiger partial charge on any atom is -0.323 e. The fourth-order valence-electron chi connectivity index (χ4n) is 1.85. The van der Waals surface area contributed by atoms with Crippen LogP contribution in [0, 0.1) is 11.6 Å². The third-order valence-electron chi connectivity index (χ3n) is 2.84. The van der Waals surface area contributed by atoms with Crippen LogP contribution in [0.1, 0.15) is 0 Å². The van der Waals surface area contributed by atoms with Gasteiger partial charge in [-0.2, -0.15) is 0 Å². The number of carbonyl (C=O) groups excluding carboxylic acids is 2. The molecule has 1 saturated heterocycles. The number of aromatic nitrogens is 1. The summed E-state index contributed by atoms with van der Waals surface area (Å²) in [6.45, 7) is -0.0511. The fourth-order valence-corrected chi connectivity index (χ4v) is 3.64. The van der Waals surface area contributed by atoms with Gasteiger partial charge in [-0.1, -0.05) is 11.3 Å². The Labute approximate surface area is 126 Å². The van der Waals surface area contributed by atoms with E-state index in [0.717, 1.165) is 23.5 Å². The van der Waals surface area contributed by atoms with Crippen molar-refractivity contribution in [2.24, 2.45) is 0 Å². The molecule has 2 amide bonds. The van der Waals surface area contributed by atoms with E-state index in [-0.39, 0.29) is 29.0 Å². The van der Waals surface area contributed by atoms with Gasteiger partial charge in [-0.05, 0) is 6.07 Å². The van der Waals surface area contributed by atoms with Gasteiger partial charge in [0.15, 0.2) is 16.8 Å². The van der Waals surface area contributed by atoms with Gasteiger partial charge >= 0.3 is 0 Å². The van der Waals surface area contributed by atoms with Crippen LogP contribution < -0.4 is 5.32 Å². The Morgan fingerprint density at radius 2 is 2.14 bits per heavy atom. The number of halogens is 2. The van der Waals surface area contributed by atoms with Crippen LogP contribution in [0.3, 0.4) is 0 Å². The van der Waals surface area contributed by atoms with Gasteiger partial charge in [0.25, 0.3) is 0 Å². The zero-order chi connectivity index (χ0) is 15.0. The summed E-state index contributed by atoms with van der Waals surface area (Å²) in [5.41, 5.74) is 0.280. The zero-order valence-corrected chi connectivity index (χ0v) is 12.2. The molecule has 2 heterocycles. The van der Waals surface area contributed by atoms with E-state index in [1.165, 1.54) is 16.7 Å². The van der Waals surface area contributed by atoms with Crippen molar-refractivity contribution in [1.82, 2.24) is 9.88 Å². The van der Waals surface area contributed by atoms with Crippen LogP contribution in [0.25, 0.3) is 10.2 Å². The van der Waals surface area contributed by atoms with Crippen LogP contribution >= 0.6 is 23.1 Å². The predicted octanol–water partition coefficient (Wildman–Crippen LogP) is 2.05. The molecule has 5 nitrogen and oxygen atoms in total. The Hall–Kier alpha value is -1.74. The van der Waals surface area contributed by atoms with Crippen LogP contribution in [0.4, 0.5) is 13.9 Å². The average Bonchev–Trinajstić information content (AvgIpc) is 2.97. The first-order chi connectivity index (χ1) is 10.0. The normalized spacial score (nSPS) is 15.0. The number of thioether (sulfide) groups is 1. The summed E-state index contributed by atoms with van der Waals surface area (Å²) in [7, 11) is 0. The topological polar surface area (TPSA) is 62.3 Å². The van der Waals surface area contributed by atoms with Gasteiger partial charge in [0, 0.05) is 6.07 Å². The quantitative estimate of drug-likeness (QED) is 0.936. The molecule has 0 bridgehead atoms. The first-order valence-electron chi connectivity index (χ1n) is 5.94. The number of nitrogens with zero attached hydrogens (tertiary/aromatic N) is 2. The lowest BCUT2D eigenvalue weighted by molar-refractivity contribution is -0.130. The molecule has 0 spiro atoms. The van der Waals surface area contributed by atoms with Gasteiger partial charge < -0.3 is 10.2 Å². The van der Waals surface area contributed by atoms with Gasteiger partial charge in [0.1, 0.15) is 6.54 Å². The lowest BCUT2D eigenvalue weighted by Crippen LogP contribution is -2.34. The number of nitrogens with one attached hydrogen (secondary N) is 1. The molecule has 1 aromatic heterocycles. The molecule has 21 heavy (non-hydrogen) atoms. The van der Waals surface area contributed by atoms with Crippen molar-refractivity contribution in [3.63, 3.8) is 0 Å². The minimum absolute atomic E-state index is 0.0511. The van der Waals surface area contributed by atoms with E-state index in [4.69, 9.17) is 0 Å². The number of amides is 2. The second-order valence-corrected chi connectivity index (χ2v) is 6.36. The third-order valence-corrected chi connectivity index (χ3v) is 4.72. The molecule has 3 rings (SSSR count). The summed E-state index contributed by atoms with van der Waals surface area (Å²) in [5, 5.41) is 2.79. The summed E-state index contributed by atoms with van der Waals surface area (Å²) >= 11 is 2.49. The molecule has 0 aliphatic carbocycles. The molecule has 1 fully saturated rings. The predicted molar refractivity (Wildman–Crippen MR) is 77.2 cm³/mol. The maximum atomic E-state index is 13.1. The second kappa shape index (κ2) is 5.57. The van der Waals surface area contributed by atoms with E-state index in [9.17, 15) is 18.4 Å². The van der Waals surface area contributed by atoms with Crippen molar-refractivity contribution < 1.29 is 18.4 Å². The van der Waals surface area contributed by atoms with E-state index in [0.29, 0.717) is 16.3 Å². The number of hydrogen-bond acceptors (Lipinski definition) is 5. The number of anilines is 1. The van der Waals surface area contributed by atoms with Crippen LogP contribution in [0.2, 0.25) is 0 Å². The molecule has 1 aliphatic heterocycles. The largest absolute Gasteiger partial charge is 0.323 e. The van der Waals surface area contributed by atoms with Gasteiger partial charge in [-0.15, -0.1) is 11.8 Å². The Morgan fingerprint density at radius 1 is 1.38 bits per heavy atom. The van der Waals surface area contributed by atoms with Gasteiger partial charge in [0.2, 0.25) is 11.8 Å². The first-order valence-corrected chi connectivity index (χ1v) is 7.91. The molecular weight excluding hydrogens is 320 g/mol. The van der Waals surface area contributed by atoms with E-state index < -0.39 is 11.6 Å². The average molecular weight is 329 g/mol. The highest BCUT2D eigenvalue weighted by molar-refractivity contribution is 8.00. The van der Waals surface area contributed by atoms with Crippen LogP contribution in [-0.4, -0.2) is 39.9 Å². The molecule has 1 aliphatic rings. The maximum Gasteiger partial charge on any atom is 0.245 e. The lowest BCUT2D eigenvalue weighted by atomic mass is 10.3. The molecule has 2 aromatic rings. The van der Waals surface area contributed by atoms with Crippen molar-refractivity contribution in [3.05, 3.63) is 23.8 Å². The van der Waals surface area contributed by atoms with Crippen molar-refractivity contribution in [2.45, 2.75) is 0 Å². The lowest BCUT2D eigenvalue weighted by Gasteiger charge is -2.12. The van der Waals surface area contributed by atoms with Crippen molar-refractivity contribution >= 4 is 50.3 Å². The Bertz CT molecular complexity index is 696. The summed E-state index contributed by atoms with van der Waals surface area (Å²) < 4.78 is 26.6. The number of rotatable bonds is 3. The van der Waals surface area contributed by atoms with Crippen molar-refractivity contribution in [2.75, 3.05) is 23.5 Å². The van der Waals surface area contributed by atoms with E-state index in [1.807, 2.05) is 0 Å². The number of benzene rings is 1. The molecule has 1 aromatic carbocycles. The number of carbonyl (C=O) groups is 2. The standard InChI is InChI=1S/C12H9F2N3O2S2/c13-6-1-8-9(2-7(6)14)21-12(15-8)16-10(18)3-17-5-20-4-11(17)19/h1-2H,3-5H2,(H,15,16,18). The second-order valence-electron chi connectivity index (χ2n) is 4.37. The Morgan fingerprint density at radius 3 is 2.86 bits per heavy atom. The maximum absolute atomic E-state index is 13.1. The smallest absolute Gasteiger partial charge is 0.245 e. The highest BCUT2D eigenvalue weighted by Gasteiger charge is 2.23. The molecule has 1 N–H and O–H groups in total. The van der Waals surface area contributed by atoms with E-state index in [2.05, 4.69) is 10.3 Å². The van der Waals surface area contributed by atoms with Gasteiger partial charge in [-0.3, -0.25) is 9.59 Å². The molecule has 0 saturated carbocycles. The highest BCUT2D eigenvalue weighted by atomic mass is 32.2. The Balaban J connectivity index is 1.72. The van der Waals surface area contributed by atoms with Crippen molar-refractivity contribution in [1.29, 1.82) is 0 Å². The van der Waals surface area contributed by atoms with Crippen LogP contribution in [-0.2, 0) is 9.59 Å². The molecule has 0 atom stereocenters. The number of fused-ring (bicyclic) bond motifs is 1. The van der Waals surface area contributed by atoms with Gasteiger partial charge in [-0.25, -0.2) is 13.8 Å².